The van der Waals surface area contributed by atoms with Gasteiger partial charge in [0.15, 0.2) is 0 Å². The van der Waals surface area contributed by atoms with E-state index in [1.54, 1.807) is 11.4 Å². The molecule has 0 radical (unpaired) electrons. The van der Waals surface area contributed by atoms with Crippen molar-refractivity contribution < 1.29 is 9.90 Å². The van der Waals surface area contributed by atoms with Gasteiger partial charge in [-0.2, -0.15) is 0 Å². The Morgan fingerprint density at radius 1 is 1.33 bits per heavy atom. The van der Waals surface area contributed by atoms with Crippen LogP contribution in [0.4, 0.5) is 0 Å². The Bertz CT molecular complexity index is 527. The van der Waals surface area contributed by atoms with E-state index in [0.717, 1.165) is 5.56 Å². The van der Waals surface area contributed by atoms with Crippen LogP contribution in [0.15, 0.2) is 41.8 Å². The predicted molar refractivity (Wildman–Crippen MR) is 73.1 cm³/mol. The topological polar surface area (TPSA) is 49.3 Å². The highest BCUT2D eigenvalue weighted by molar-refractivity contribution is 7.12. The Balaban J connectivity index is 2.13. The van der Waals surface area contributed by atoms with Crippen LogP contribution < -0.4 is 5.32 Å². The van der Waals surface area contributed by atoms with Crippen LogP contribution in [0.1, 0.15) is 21.3 Å². The van der Waals surface area contributed by atoms with E-state index in [-0.39, 0.29) is 12.5 Å². The number of hydrogen-bond donors (Lipinski definition) is 2. The molecular formula is C13H12ClNO2S. The van der Waals surface area contributed by atoms with Crippen molar-refractivity contribution in [3.05, 3.63) is 57.2 Å². The first-order valence-electron chi connectivity index (χ1n) is 5.42. The van der Waals surface area contributed by atoms with Gasteiger partial charge in [0.25, 0.3) is 5.91 Å². The number of thiophene rings is 1. The largest absolute Gasteiger partial charge is 0.394 e. The maximum absolute atomic E-state index is 12.0. The number of benzene rings is 1. The predicted octanol–water partition coefficient (Wildman–Crippen LogP) is 2.86. The summed E-state index contributed by atoms with van der Waals surface area (Å²) in [4.78, 5) is 12.4. The first kappa shape index (κ1) is 13.1. The van der Waals surface area contributed by atoms with E-state index in [1.165, 1.54) is 11.3 Å². The van der Waals surface area contributed by atoms with Gasteiger partial charge in [-0.3, -0.25) is 4.79 Å². The first-order valence-corrected chi connectivity index (χ1v) is 6.68. The van der Waals surface area contributed by atoms with Crippen molar-refractivity contribution in [2.24, 2.45) is 0 Å². The van der Waals surface area contributed by atoms with Gasteiger partial charge in [-0.25, -0.2) is 0 Å². The summed E-state index contributed by atoms with van der Waals surface area (Å²) >= 11 is 7.17. The number of nitrogens with one attached hydrogen (secondary N) is 1. The molecule has 0 spiro atoms. The maximum Gasteiger partial charge on any atom is 0.263 e. The zero-order valence-corrected chi connectivity index (χ0v) is 11.0. The van der Waals surface area contributed by atoms with Gasteiger partial charge in [-0.05, 0) is 17.0 Å². The normalized spacial score (nSPS) is 12.1. The Labute approximate surface area is 114 Å². The minimum absolute atomic E-state index is 0.154. The van der Waals surface area contributed by atoms with Crippen molar-refractivity contribution >= 4 is 28.8 Å². The number of rotatable bonds is 4. The van der Waals surface area contributed by atoms with Gasteiger partial charge in [-0.15, -0.1) is 11.3 Å². The Hall–Kier alpha value is -1.36. The van der Waals surface area contributed by atoms with Gasteiger partial charge in [0.1, 0.15) is 4.88 Å². The molecule has 0 aliphatic rings. The summed E-state index contributed by atoms with van der Waals surface area (Å²) in [5, 5.41) is 14.3. The van der Waals surface area contributed by atoms with Gasteiger partial charge in [0, 0.05) is 0 Å². The van der Waals surface area contributed by atoms with Gasteiger partial charge in [0.05, 0.1) is 17.7 Å². The molecule has 0 saturated heterocycles. The van der Waals surface area contributed by atoms with Gasteiger partial charge in [0.2, 0.25) is 0 Å². The summed E-state index contributed by atoms with van der Waals surface area (Å²) in [5.41, 5.74) is 0.862. The number of amides is 1. The van der Waals surface area contributed by atoms with Crippen LogP contribution in [-0.2, 0) is 0 Å². The number of carbonyl (C=O) groups is 1. The van der Waals surface area contributed by atoms with Crippen LogP contribution in [0.5, 0.6) is 0 Å². The number of halogens is 1. The minimum atomic E-state index is -0.420. The van der Waals surface area contributed by atoms with Gasteiger partial charge >= 0.3 is 0 Å². The van der Waals surface area contributed by atoms with Crippen molar-refractivity contribution in [2.45, 2.75) is 6.04 Å². The molecule has 2 N–H and O–H groups in total. The molecule has 1 aromatic carbocycles. The summed E-state index contributed by atoms with van der Waals surface area (Å²) in [6.45, 7) is -0.154. The molecule has 0 bridgehead atoms. The fraction of sp³-hybridized carbons (Fsp3) is 0.154. The average molecular weight is 282 g/mol. The molecule has 1 heterocycles. The molecule has 0 unspecified atom stereocenters. The lowest BCUT2D eigenvalue weighted by atomic mass is 10.1. The van der Waals surface area contributed by atoms with E-state index in [1.807, 2.05) is 30.3 Å². The molecule has 3 nitrogen and oxygen atoms in total. The minimum Gasteiger partial charge on any atom is -0.394 e. The third kappa shape index (κ3) is 2.90. The SMILES string of the molecule is O=C(N[C@@H](CO)c1ccccc1)c1sccc1Cl. The molecule has 18 heavy (non-hydrogen) atoms. The monoisotopic (exact) mass is 281 g/mol. The fourth-order valence-electron chi connectivity index (χ4n) is 1.60. The Kier molecular flexibility index (Phi) is 4.36. The molecule has 0 saturated carbocycles. The van der Waals surface area contributed by atoms with Crippen LogP contribution in [0.25, 0.3) is 0 Å². The van der Waals surface area contributed by atoms with E-state index < -0.39 is 6.04 Å². The van der Waals surface area contributed by atoms with Crippen molar-refractivity contribution in [2.75, 3.05) is 6.61 Å². The lowest BCUT2D eigenvalue weighted by Crippen LogP contribution is -2.30. The molecule has 0 aliphatic carbocycles. The van der Waals surface area contributed by atoms with E-state index >= 15 is 0 Å². The zero-order chi connectivity index (χ0) is 13.0. The van der Waals surface area contributed by atoms with Crippen LogP contribution in [-0.4, -0.2) is 17.6 Å². The van der Waals surface area contributed by atoms with Crippen molar-refractivity contribution in [3.8, 4) is 0 Å². The zero-order valence-electron chi connectivity index (χ0n) is 9.47. The second-order valence-corrected chi connectivity index (χ2v) is 5.04. The fourth-order valence-corrected chi connectivity index (χ4v) is 2.64. The molecule has 5 heteroatoms. The van der Waals surface area contributed by atoms with Crippen molar-refractivity contribution in [1.29, 1.82) is 0 Å². The molecule has 2 rings (SSSR count). The Morgan fingerprint density at radius 3 is 2.61 bits per heavy atom. The molecular weight excluding hydrogens is 270 g/mol. The second-order valence-electron chi connectivity index (χ2n) is 3.72. The third-order valence-corrected chi connectivity index (χ3v) is 3.85. The second kappa shape index (κ2) is 6.00. The van der Waals surface area contributed by atoms with E-state index in [4.69, 9.17) is 11.6 Å². The number of hydrogen-bond acceptors (Lipinski definition) is 3. The quantitative estimate of drug-likeness (QED) is 0.905. The summed E-state index contributed by atoms with van der Waals surface area (Å²) < 4.78 is 0. The van der Waals surface area contributed by atoms with Crippen molar-refractivity contribution in [1.82, 2.24) is 5.32 Å². The van der Waals surface area contributed by atoms with Gasteiger partial charge < -0.3 is 10.4 Å². The molecule has 0 fully saturated rings. The molecule has 1 aromatic heterocycles. The standard InChI is InChI=1S/C13H12ClNO2S/c14-10-6-7-18-12(10)13(17)15-11(8-16)9-4-2-1-3-5-9/h1-7,11,16H,8H2,(H,15,17)/t11-/m0/s1. The molecule has 94 valence electrons. The number of carbonyl (C=O) groups excluding carboxylic acids is 1. The first-order chi connectivity index (χ1) is 8.72. The van der Waals surface area contributed by atoms with Crippen LogP contribution in [0.2, 0.25) is 5.02 Å². The molecule has 2 aromatic rings. The highest BCUT2D eigenvalue weighted by Gasteiger charge is 2.17. The highest BCUT2D eigenvalue weighted by atomic mass is 35.5. The van der Waals surface area contributed by atoms with E-state index in [0.29, 0.717) is 9.90 Å². The third-order valence-electron chi connectivity index (χ3n) is 2.51. The lowest BCUT2D eigenvalue weighted by molar-refractivity contribution is 0.0920. The molecule has 1 atom stereocenters. The summed E-state index contributed by atoms with van der Waals surface area (Å²) in [5.74, 6) is -0.266. The van der Waals surface area contributed by atoms with Crippen LogP contribution >= 0.6 is 22.9 Å². The van der Waals surface area contributed by atoms with E-state index in [2.05, 4.69) is 5.32 Å². The van der Waals surface area contributed by atoms with Crippen molar-refractivity contribution in [3.63, 3.8) is 0 Å². The van der Waals surface area contributed by atoms with Crippen LogP contribution in [0, 0.1) is 0 Å². The highest BCUT2D eigenvalue weighted by Crippen LogP contribution is 2.23. The smallest absolute Gasteiger partial charge is 0.263 e. The summed E-state index contributed by atoms with van der Waals surface area (Å²) in [7, 11) is 0. The van der Waals surface area contributed by atoms with Crippen LogP contribution in [0.3, 0.4) is 0 Å². The Morgan fingerprint density at radius 2 is 2.06 bits per heavy atom. The maximum atomic E-state index is 12.0. The molecule has 1 amide bonds. The molecule has 0 aliphatic heterocycles. The van der Waals surface area contributed by atoms with Gasteiger partial charge in [-0.1, -0.05) is 41.9 Å². The van der Waals surface area contributed by atoms with E-state index in [9.17, 15) is 9.90 Å². The summed E-state index contributed by atoms with van der Waals surface area (Å²) in [6.07, 6.45) is 0. The number of aliphatic hydroxyl groups excluding tert-OH is 1. The summed E-state index contributed by atoms with van der Waals surface area (Å²) in [6, 6.07) is 10.6. The average Bonchev–Trinajstić information content (AvgIpc) is 2.83. The lowest BCUT2D eigenvalue weighted by Gasteiger charge is -2.16. The number of aliphatic hydroxyl groups is 1.